The first-order valence-corrected chi connectivity index (χ1v) is 13.6. The molecule has 0 atom stereocenters. The molecular weight excluding hydrogens is 480 g/mol. The third-order valence-electron chi connectivity index (χ3n) is 7.53. The number of hydrogen-bond acceptors (Lipinski definition) is 2. The average molecular weight is 503 g/mol. The third-order valence-corrected chi connectivity index (χ3v) is 8.75. The van der Waals surface area contributed by atoms with Gasteiger partial charge in [0.2, 0.25) is 0 Å². The summed E-state index contributed by atoms with van der Waals surface area (Å²) in [7, 11) is 0. The van der Waals surface area contributed by atoms with E-state index in [1.165, 1.54) is 69.9 Å². The average Bonchev–Trinajstić information content (AvgIpc) is 3.53. The van der Waals surface area contributed by atoms with Crippen molar-refractivity contribution in [2.45, 2.75) is 0 Å². The molecule has 2 nitrogen and oxygen atoms in total. The van der Waals surface area contributed by atoms with Crippen molar-refractivity contribution in [3.05, 3.63) is 134 Å². The number of rotatable bonds is 3. The van der Waals surface area contributed by atoms with Crippen molar-refractivity contribution >= 4 is 53.3 Å². The molecule has 0 N–H and O–H groups in total. The van der Waals surface area contributed by atoms with Gasteiger partial charge in [-0.25, -0.2) is 0 Å². The number of hydrogen-bond donors (Lipinski definition) is 0. The molecule has 178 valence electrons. The summed E-state index contributed by atoms with van der Waals surface area (Å²) >= 11 is 1.85. The van der Waals surface area contributed by atoms with Crippen molar-refractivity contribution in [3.8, 4) is 27.9 Å². The van der Waals surface area contributed by atoms with Crippen molar-refractivity contribution in [3.63, 3.8) is 0 Å². The van der Waals surface area contributed by atoms with Crippen LogP contribution in [0.15, 0.2) is 134 Å². The number of nitrogens with zero attached hydrogens (tertiary/aromatic N) is 2. The maximum Gasteiger partial charge on any atom is 0.0541 e. The Balaban J connectivity index is 1.43. The normalized spacial score (nSPS) is 11.7. The number of thiophene rings is 1. The number of benzene rings is 5. The van der Waals surface area contributed by atoms with Gasteiger partial charge in [0.15, 0.2) is 0 Å². The van der Waals surface area contributed by atoms with Gasteiger partial charge in [0.25, 0.3) is 0 Å². The largest absolute Gasteiger partial charge is 0.309 e. The highest BCUT2D eigenvalue weighted by Crippen LogP contribution is 2.44. The second kappa shape index (κ2) is 8.41. The molecule has 8 rings (SSSR count). The maximum absolute atomic E-state index is 4.40. The predicted molar refractivity (Wildman–Crippen MR) is 162 cm³/mol. The van der Waals surface area contributed by atoms with Crippen LogP contribution >= 0.6 is 11.3 Å². The number of aromatic nitrogens is 2. The van der Waals surface area contributed by atoms with Crippen LogP contribution in [0.3, 0.4) is 0 Å². The van der Waals surface area contributed by atoms with Gasteiger partial charge >= 0.3 is 0 Å². The van der Waals surface area contributed by atoms with E-state index in [2.05, 4.69) is 131 Å². The molecule has 0 unspecified atom stereocenters. The molecular formula is C35H22N2S. The Morgan fingerprint density at radius 1 is 0.474 bits per heavy atom. The minimum absolute atomic E-state index is 1.19. The van der Waals surface area contributed by atoms with E-state index in [-0.39, 0.29) is 0 Å². The predicted octanol–water partition coefficient (Wildman–Crippen LogP) is 9.88. The fraction of sp³-hybridized carbons (Fsp3) is 0. The standard InChI is InChI=1S/C35H22N2S/c1-2-11-24(28-15-9-16-29-30-22-36-21-20-34(30)38-35(28)29)23(10-1)25-12-3-6-17-31(25)37-32-18-7-4-13-26(32)27-14-5-8-19-33(27)37/h1-22H. The van der Waals surface area contributed by atoms with Crippen LogP contribution in [0, 0.1) is 0 Å². The Bertz CT molecular complexity index is 2090. The molecule has 0 saturated heterocycles. The zero-order valence-electron chi connectivity index (χ0n) is 20.5. The van der Waals surface area contributed by atoms with Crippen LogP contribution in [0.2, 0.25) is 0 Å². The summed E-state index contributed by atoms with van der Waals surface area (Å²) < 4.78 is 4.99. The Kier molecular flexibility index (Phi) is 4.73. The molecule has 0 aliphatic carbocycles. The third kappa shape index (κ3) is 3.09. The first-order valence-electron chi connectivity index (χ1n) is 12.8. The minimum atomic E-state index is 1.19. The number of para-hydroxylation sites is 3. The lowest BCUT2D eigenvalue weighted by atomic mass is 9.92. The molecule has 0 fully saturated rings. The van der Waals surface area contributed by atoms with Gasteiger partial charge in [-0.1, -0.05) is 97.1 Å². The summed E-state index contributed by atoms with van der Waals surface area (Å²) in [5, 5.41) is 5.03. The van der Waals surface area contributed by atoms with E-state index in [0.717, 1.165) is 0 Å². The highest BCUT2D eigenvalue weighted by Gasteiger charge is 2.18. The van der Waals surface area contributed by atoms with Gasteiger partial charge in [-0.3, -0.25) is 4.98 Å². The molecule has 0 aliphatic rings. The Labute approximate surface area is 224 Å². The summed E-state index contributed by atoms with van der Waals surface area (Å²) in [5.74, 6) is 0. The molecule has 3 heteroatoms. The monoisotopic (exact) mass is 502 g/mol. The van der Waals surface area contributed by atoms with Crippen LogP contribution < -0.4 is 0 Å². The van der Waals surface area contributed by atoms with E-state index in [9.17, 15) is 0 Å². The van der Waals surface area contributed by atoms with Gasteiger partial charge in [-0.2, -0.15) is 0 Å². The van der Waals surface area contributed by atoms with Crippen LogP contribution in [0.5, 0.6) is 0 Å². The van der Waals surface area contributed by atoms with Crippen molar-refractivity contribution in [1.82, 2.24) is 9.55 Å². The Hall–Kier alpha value is -4.73. The zero-order chi connectivity index (χ0) is 25.1. The first kappa shape index (κ1) is 21.4. The summed E-state index contributed by atoms with van der Waals surface area (Å²) in [5.41, 5.74) is 8.57. The van der Waals surface area contributed by atoms with Crippen LogP contribution in [-0.2, 0) is 0 Å². The van der Waals surface area contributed by atoms with Crippen molar-refractivity contribution in [2.24, 2.45) is 0 Å². The molecule has 3 aromatic heterocycles. The fourth-order valence-corrected chi connectivity index (χ4v) is 7.08. The Morgan fingerprint density at radius 3 is 1.82 bits per heavy atom. The van der Waals surface area contributed by atoms with Crippen molar-refractivity contribution in [1.29, 1.82) is 0 Å². The van der Waals surface area contributed by atoms with Crippen molar-refractivity contribution in [2.75, 3.05) is 0 Å². The van der Waals surface area contributed by atoms with Crippen LogP contribution in [0.1, 0.15) is 0 Å². The molecule has 0 aliphatic heterocycles. The number of fused-ring (bicyclic) bond motifs is 6. The van der Waals surface area contributed by atoms with E-state index >= 15 is 0 Å². The summed E-state index contributed by atoms with van der Waals surface area (Å²) in [6.07, 6.45) is 3.87. The SMILES string of the molecule is c1ccc(-c2cccc3c2sc2ccncc23)c(-c2ccccc2-n2c3ccccc3c3ccccc32)c1. The van der Waals surface area contributed by atoms with Gasteiger partial charge in [0.1, 0.15) is 0 Å². The molecule has 38 heavy (non-hydrogen) atoms. The first-order chi connectivity index (χ1) is 18.9. The molecule has 0 bridgehead atoms. The van der Waals surface area contributed by atoms with E-state index in [0.29, 0.717) is 0 Å². The van der Waals surface area contributed by atoms with Gasteiger partial charge in [0, 0.05) is 54.5 Å². The molecule has 0 spiro atoms. The van der Waals surface area contributed by atoms with Crippen LogP contribution in [0.25, 0.3) is 69.9 Å². The molecule has 5 aromatic carbocycles. The lowest BCUT2D eigenvalue weighted by molar-refractivity contribution is 1.18. The maximum atomic E-state index is 4.40. The van der Waals surface area contributed by atoms with Gasteiger partial charge in [-0.05, 0) is 35.4 Å². The molecule has 3 heterocycles. The fourth-order valence-electron chi connectivity index (χ4n) is 5.89. The Morgan fingerprint density at radius 2 is 1.05 bits per heavy atom. The summed E-state index contributed by atoms with van der Waals surface area (Å²) in [6.45, 7) is 0. The molecule has 0 amide bonds. The second-order valence-electron chi connectivity index (χ2n) is 9.59. The van der Waals surface area contributed by atoms with Crippen molar-refractivity contribution < 1.29 is 0 Å². The quantitative estimate of drug-likeness (QED) is 0.235. The topological polar surface area (TPSA) is 17.8 Å². The summed E-state index contributed by atoms with van der Waals surface area (Å²) in [4.78, 5) is 4.40. The molecule has 8 aromatic rings. The smallest absolute Gasteiger partial charge is 0.0541 e. The van der Waals surface area contributed by atoms with E-state index in [1.54, 1.807) is 0 Å². The lowest BCUT2D eigenvalue weighted by Gasteiger charge is -2.17. The highest BCUT2D eigenvalue weighted by atomic mass is 32.1. The van der Waals surface area contributed by atoms with E-state index < -0.39 is 0 Å². The number of pyridine rings is 1. The molecule has 0 saturated carbocycles. The minimum Gasteiger partial charge on any atom is -0.309 e. The van der Waals surface area contributed by atoms with Crippen LogP contribution in [-0.4, -0.2) is 9.55 Å². The molecule has 0 radical (unpaired) electrons. The van der Waals surface area contributed by atoms with Gasteiger partial charge in [0.05, 0.1) is 16.7 Å². The zero-order valence-corrected chi connectivity index (χ0v) is 21.3. The van der Waals surface area contributed by atoms with Gasteiger partial charge in [-0.15, -0.1) is 11.3 Å². The lowest BCUT2D eigenvalue weighted by Crippen LogP contribution is -1.98. The van der Waals surface area contributed by atoms with E-state index in [4.69, 9.17) is 0 Å². The van der Waals surface area contributed by atoms with E-state index in [1.807, 2.05) is 23.7 Å². The second-order valence-corrected chi connectivity index (χ2v) is 10.6. The van der Waals surface area contributed by atoms with Crippen LogP contribution in [0.4, 0.5) is 0 Å². The van der Waals surface area contributed by atoms with Gasteiger partial charge < -0.3 is 4.57 Å². The highest BCUT2D eigenvalue weighted by molar-refractivity contribution is 7.26. The summed E-state index contributed by atoms with van der Waals surface area (Å²) in [6, 6.07) is 43.8.